The molecule has 2 amide bonds. The number of carbonyl (C=O) groups excluding carboxylic acids is 3. The van der Waals surface area contributed by atoms with Crippen molar-refractivity contribution in [3.8, 4) is 0 Å². The fourth-order valence-corrected chi connectivity index (χ4v) is 10.0. The zero-order valence-electron chi connectivity index (χ0n) is 31.6. The van der Waals surface area contributed by atoms with E-state index >= 15 is 0 Å². The first-order chi connectivity index (χ1) is 25.9. The summed E-state index contributed by atoms with van der Waals surface area (Å²) in [4.78, 5) is 54.7. The van der Waals surface area contributed by atoms with Gasteiger partial charge in [-0.05, 0) is 92.2 Å². The largest absolute Gasteiger partial charge is 0.449 e. The number of allylic oxidation sites excluding steroid dienone is 2. The molecule has 1 aromatic heterocycles. The molecule has 0 spiro atoms. The number of rotatable bonds is 12. The molecule has 4 heterocycles. The molecule has 14 heteroatoms. The number of carbonyl (C=O) groups is 3. The number of amides is 2. The number of nitrogens with zero attached hydrogens (tertiary/aromatic N) is 4. The van der Waals surface area contributed by atoms with Crippen LogP contribution >= 0.6 is 35.0 Å². The number of benzene rings is 1. The van der Waals surface area contributed by atoms with Crippen molar-refractivity contribution in [2.75, 3.05) is 13.1 Å². The van der Waals surface area contributed by atoms with Crippen molar-refractivity contribution < 1.29 is 31.9 Å². The van der Waals surface area contributed by atoms with Crippen molar-refractivity contribution >= 4 is 57.6 Å². The standard InChI is InChI=1S/C41H46Cl2F4N4O3S/c1-6-8-24(4)51(22-40(16-17-40)20-32(52)41(45,46)47)37(53)31-9-7-18-50(31)38(54)35-34(23(2)3)27-12-13-28(25-10-14-29(42)30(44)19-25)39(5,49-36(27)55-35)26-11-15-33(43)48-21-26/h10-15,19,21,23-24,27-28,31H,6-9,16-18,20,22H2,1-5H3/t24-,27?,28+,31-,39-/m0/s1. The predicted octanol–water partition coefficient (Wildman–Crippen LogP) is 10.1. The summed E-state index contributed by atoms with van der Waals surface area (Å²) >= 11 is 13.5. The maximum absolute atomic E-state index is 14.9. The Morgan fingerprint density at radius 3 is 2.42 bits per heavy atom. The molecule has 55 heavy (non-hydrogen) atoms. The van der Waals surface area contributed by atoms with Crippen molar-refractivity contribution in [2.24, 2.45) is 22.2 Å². The molecule has 1 saturated heterocycles. The highest BCUT2D eigenvalue weighted by molar-refractivity contribution is 8.18. The smallest absolute Gasteiger partial charge is 0.338 e. The quantitative estimate of drug-likeness (QED) is 0.121. The van der Waals surface area contributed by atoms with Crippen LogP contribution in [-0.4, -0.2) is 68.8 Å². The predicted molar refractivity (Wildman–Crippen MR) is 208 cm³/mol. The van der Waals surface area contributed by atoms with E-state index < -0.39 is 47.1 Å². The van der Waals surface area contributed by atoms with Gasteiger partial charge in [0.05, 0.1) is 20.5 Å². The lowest BCUT2D eigenvalue weighted by molar-refractivity contribution is -0.172. The minimum atomic E-state index is -4.93. The number of hydrogen-bond acceptors (Lipinski definition) is 6. The maximum atomic E-state index is 14.9. The number of thioether (sulfide) groups is 1. The van der Waals surface area contributed by atoms with Crippen molar-refractivity contribution in [1.82, 2.24) is 14.8 Å². The lowest BCUT2D eigenvalue weighted by Crippen LogP contribution is -2.52. The second kappa shape index (κ2) is 16.0. The van der Waals surface area contributed by atoms with Crippen LogP contribution in [0.4, 0.5) is 17.6 Å². The van der Waals surface area contributed by atoms with E-state index in [4.69, 9.17) is 28.2 Å². The van der Waals surface area contributed by atoms with E-state index in [9.17, 15) is 31.9 Å². The van der Waals surface area contributed by atoms with Crippen LogP contribution in [0.3, 0.4) is 0 Å². The molecule has 4 aliphatic rings. The molecule has 6 rings (SSSR count). The molecule has 2 aromatic rings. The normalized spacial score (nSPS) is 25.1. The second-order valence-corrected chi connectivity index (χ2v) is 17.7. The Hall–Kier alpha value is -3.22. The second-order valence-electron chi connectivity index (χ2n) is 15.9. The zero-order valence-corrected chi connectivity index (χ0v) is 33.9. The first kappa shape index (κ1) is 41.4. The van der Waals surface area contributed by atoms with Crippen LogP contribution in [0.5, 0.6) is 0 Å². The van der Waals surface area contributed by atoms with Gasteiger partial charge < -0.3 is 9.80 Å². The molecule has 2 fully saturated rings. The van der Waals surface area contributed by atoms with Gasteiger partial charge in [-0.2, -0.15) is 13.2 Å². The third-order valence-corrected chi connectivity index (χ3v) is 13.3. The number of hydrogen-bond donors (Lipinski definition) is 0. The van der Waals surface area contributed by atoms with Gasteiger partial charge in [-0.25, -0.2) is 9.37 Å². The molecule has 0 radical (unpaired) electrons. The summed E-state index contributed by atoms with van der Waals surface area (Å²) < 4.78 is 54.7. The average molecular weight is 822 g/mol. The molecule has 296 valence electrons. The van der Waals surface area contributed by atoms with Crippen LogP contribution in [0.1, 0.15) is 96.6 Å². The van der Waals surface area contributed by atoms with Gasteiger partial charge in [0, 0.05) is 43.6 Å². The topological polar surface area (TPSA) is 82.9 Å². The van der Waals surface area contributed by atoms with Gasteiger partial charge in [-0.3, -0.25) is 19.4 Å². The number of ketones is 1. The van der Waals surface area contributed by atoms with Gasteiger partial charge >= 0.3 is 6.18 Å². The van der Waals surface area contributed by atoms with E-state index in [-0.39, 0.29) is 41.3 Å². The minimum Gasteiger partial charge on any atom is -0.338 e. The van der Waals surface area contributed by atoms with Crippen molar-refractivity contribution in [1.29, 1.82) is 0 Å². The summed E-state index contributed by atoms with van der Waals surface area (Å²) in [6.07, 6.45) is 3.36. The minimum absolute atomic E-state index is 0.00775. The summed E-state index contributed by atoms with van der Waals surface area (Å²) in [6.45, 7) is 10.2. The fourth-order valence-electron chi connectivity index (χ4n) is 8.32. The van der Waals surface area contributed by atoms with Gasteiger partial charge in [0.1, 0.15) is 17.0 Å². The van der Waals surface area contributed by atoms with E-state index in [1.54, 1.807) is 28.1 Å². The highest BCUT2D eigenvalue weighted by Gasteiger charge is 2.53. The third-order valence-electron chi connectivity index (χ3n) is 11.6. The monoisotopic (exact) mass is 820 g/mol. The Morgan fingerprint density at radius 2 is 1.82 bits per heavy atom. The highest BCUT2D eigenvalue weighted by Crippen LogP contribution is 2.53. The Labute approximate surface area is 334 Å². The molecular formula is C41H46Cl2F4N4O3S. The first-order valence-corrected chi connectivity index (χ1v) is 20.4. The Bertz CT molecular complexity index is 1930. The Kier molecular flexibility index (Phi) is 12.0. The number of alkyl halides is 3. The van der Waals surface area contributed by atoms with Crippen molar-refractivity contribution in [3.63, 3.8) is 0 Å². The number of aromatic nitrogens is 1. The van der Waals surface area contributed by atoms with E-state index in [0.29, 0.717) is 59.3 Å². The van der Waals surface area contributed by atoms with Gasteiger partial charge in [0.2, 0.25) is 11.7 Å². The molecule has 7 nitrogen and oxygen atoms in total. The van der Waals surface area contributed by atoms with Crippen LogP contribution in [0.25, 0.3) is 0 Å². The number of pyridine rings is 1. The van der Waals surface area contributed by atoms with Gasteiger partial charge in [0.15, 0.2) is 0 Å². The van der Waals surface area contributed by atoms with Crippen molar-refractivity contribution in [2.45, 2.75) is 109 Å². The van der Waals surface area contributed by atoms with Crippen molar-refractivity contribution in [3.05, 3.63) is 86.3 Å². The average Bonchev–Trinajstić information content (AvgIpc) is 3.57. The molecule has 5 atom stereocenters. The summed E-state index contributed by atoms with van der Waals surface area (Å²) in [5, 5.41) is 0.999. The molecule has 0 bridgehead atoms. The Morgan fingerprint density at radius 1 is 1.09 bits per heavy atom. The lowest BCUT2D eigenvalue weighted by atomic mass is 9.76. The lowest BCUT2D eigenvalue weighted by Gasteiger charge is -2.37. The van der Waals surface area contributed by atoms with Gasteiger partial charge in [-0.1, -0.05) is 86.4 Å². The van der Waals surface area contributed by atoms with E-state index in [1.165, 1.54) is 23.9 Å². The number of Topliss-reactive ketones (excluding diaryl/α,β-unsaturated/α-hetero) is 1. The van der Waals surface area contributed by atoms with Gasteiger partial charge in [0.25, 0.3) is 5.91 Å². The summed E-state index contributed by atoms with van der Waals surface area (Å²) in [5.41, 5.74) is 0.347. The summed E-state index contributed by atoms with van der Waals surface area (Å²) in [7, 11) is 0. The molecule has 0 N–H and O–H groups in total. The molecule has 1 saturated carbocycles. The van der Waals surface area contributed by atoms with Gasteiger partial charge in [-0.15, -0.1) is 0 Å². The molecule has 1 aliphatic carbocycles. The Balaban J connectivity index is 1.34. The van der Waals surface area contributed by atoms with E-state index in [1.807, 2.05) is 52.8 Å². The summed E-state index contributed by atoms with van der Waals surface area (Å²) in [5.74, 6) is -3.77. The highest BCUT2D eigenvalue weighted by atomic mass is 35.5. The number of likely N-dealkylation sites (tertiary alicyclic amines) is 1. The third kappa shape index (κ3) is 8.42. The number of fused-ring (bicyclic) bond motifs is 1. The van der Waals surface area contributed by atoms with E-state index in [0.717, 1.165) is 17.6 Å². The molecule has 3 aliphatic heterocycles. The summed E-state index contributed by atoms with van der Waals surface area (Å²) in [6, 6.07) is 7.15. The van der Waals surface area contributed by atoms with Crippen LogP contribution in [-0.2, 0) is 19.9 Å². The van der Waals surface area contributed by atoms with Crippen LogP contribution in [0, 0.1) is 23.1 Å². The SMILES string of the molecule is CCC[C@H](C)N(CC1(CC(=O)C(F)(F)F)CC1)C(=O)[C@@H]1CCCN1C(=O)C1=C(C(C)C)C2C=C[C@H](c3ccc(Cl)c(F)c3)[C@](C)(c3ccc(Cl)nc3)N=C2S1. The van der Waals surface area contributed by atoms with E-state index in [2.05, 4.69) is 4.98 Å². The van der Waals surface area contributed by atoms with Crippen LogP contribution in [0.2, 0.25) is 10.2 Å². The van der Waals surface area contributed by atoms with Crippen LogP contribution < -0.4 is 0 Å². The number of halogens is 6. The maximum Gasteiger partial charge on any atom is 0.449 e. The van der Waals surface area contributed by atoms with Crippen LogP contribution in [0.15, 0.2) is 64.2 Å². The molecule has 1 aromatic carbocycles. The first-order valence-electron chi connectivity index (χ1n) is 18.9. The fraction of sp³-hybridized carbons (Fsp3) is 0.537. The molecule has 1 unspecified atom stereocenters. The molecular weight excluding hydrogens is 775 g/mol. The zero-order chi connectivity index (χ0) is 40.0. The number of aliphatic imine (C=N–C) groups is 1.